The molecule has 20 heavy (non-hydrogen) atoms. The van der Waals surface area contributed by atoms with Gasteiger partial charge in [-0.15, -0.1) is 0 Å². The molecule has 2 aromatic carbocycles. The number of hydrogen-bond donors (Lipinski definition) is 0. The minimum absolute atomic E-state index is 0.0192. The molecule has 2 rings (SSSR count). The van der Waals surface area contributed by atoms with Crippen LogP contribution in [0, 0.1) is 5.82 Å². The summed E-state index contributed by atoms with van der Waals surface area (Å²) in [5.41, 5.74) is 2.12. The molecule has 0 heterocycles. The first-order valence-corrected chi connectivity index (χ1v) is 6.60. The second-order valence-electron chi connectivity index (χ2n) is 4.75. The van der Waals surface area contributed by atoms with Gasteiger partial charge in [-0.3, -0.25) is 4.79 Å². The third-order valence-electron chi connectivity index (χ3n) is 3.09. The van der Waals surface area contributed by atoms with Gasteiger partial charge in [0.25, 0.3) is 0 Å². The number of carbonyl (C=O) groups excluding carboxylic acids is 1. The second kappa shape index (κ2) is 6.06. The van der Waals surface area contributed by atoms with E-state index in [1.807, 2.05) is 31.1 Å². The SMILES string of the molecule is CN(C)c1ccc(C(=O)Cc2cccc(F)c2Cl)cc1. The Bertz CT molecular complexity index is 623. The van der Waals surface area contributed by atoms with Gasteiger partial charge in [0.1, 0.15) is 5.82 Å². The van der Waals surface area contributed by atoms with Crippen LogP contribution in [-0.4, -0.2) is 19.9 Å². The van der Waals surface area contributed by atoms with E-state index in [1.165, 1.54) is 6.07 Å². The zero-order valence-electron chi connectivity index (χ0n) is 11.4. The number of ketones is 1. The van der Waals surface area contributed by atoms with Gasteiger partial charge in [-0.25, -0.2) is 4.39 Å². The summed E-state index contributed by atoms with van der Waals surface area (Å²) >= 11 is 5.86. The molecule has 2 nitrogen and oxygen atoms in total. The van der Waals surface area contributed by atoms with Gasteiger partial charge in [0.05, 0.1) is 5.02 Å². The van der Waals surface area contributed by atoms with Crippen molar-refractivity contribution >= 4 is 23.1 Å². The predicted octanol–water partition coefficient (Wildman–Crippen LogP) is 3.97. The highest BCUT2D eigenvalue weighted by atomic mass is 35.5. The maximum absolute atomic E-state index is 13.3. The average Bonchev–Trinajstić information content (AvgIpc) is 2.44. The molecular formula is C16H15ClFNO. The van der Waals surface area contributed by atoms with Gasteiger partial charge in [-0.05, 0) is 35.9 Å². The summed E-state index contributed by atoms with van der Waals surface area (Å²) in [4.78, 5) is 14.1. The molecule has 0 spiro atoms. The monoisotopic (exact) mass is 291 g/mol. The average molecular weight is 292 g/mol. The number of benzene rings is 2. The van der Waals surface area contributed by atoms with Crippen LogP contribution in [0.1, 0.15) is 15.9 Å². The fraction of sp³-hybridized carbons (Fsp3) is 0.188. The van der Waals surface area contributed by atoms with Crippen LogP contribution in [0.4, 0.5) is 10.1 Å². The summed E-state index contributed by atoms with van der Waals surface area (Å²) in [6, 6.07) is 11.8. The van der Waals surface area contributed by atoms with Gasteiger partial charge in [0, 0.05) is 31.8 Å². The normalized spacial score (nSPS) is 10.4. The molecule has 0 fully saturated rings. The first-order chi connectivity index (χ1) is 9.49. The molecule has 104 valence electrons. The first kappa shape index (κ1) is 14.5. The minimum atomic E-state index is -0.500. The largest absolute Gasteiger partial charge is 0.378 e. The maximum Gasteiger partial charge on any atom is 0.167 e. The van der Waals surface area contributed by atoms with Crippen molar-refractivity contribution in [3.05, 3.63) is 64.4 Å². The summed E-state index contributed by atoms with van der Waals surface area (Å²) in [5.74, 6) is -0.581. The minimum Gasteiger partial charge on any atom is -0.378 e. The van der Waals surface area contributed by atoms with Crippen molar-refractivity contribution in [3.8, 4) is 0 Å². The van der Waals surface area contributed by atoms with Crippen LogP contribution in [0.2, 0.25) is 5.02 Å². The highest BCUT2D eigenvalue weighted by molar-refractivity contribution is 6.31. The van der Waals surface area contributed by atoms with Crippen molar-refractivity contribution < 1.29 is 9.18 Å². The van der Waals surface area contributed by atoms with E-state index in [1.54, 1.807) is 24.3 Å². The smallest absolute Gasteiger partial charge is 0.167 e. The van der Waals surface area contributed by atoms with E-state index >= 15 is 0 Å². The quantitative estimate of drug-likeness (QED) is 0.795. The Morgan fingerprint density at radius 1 is 1.15 bits per heavy atom. The number of carbonyl (C=O) groups is 1. The fourth-order valence-electron chi connectivity index (χ4n) is 1.91. The topological polar surface area (TPSA) is 20.3 Å². The van der Waals surface area contributed by atoms with Crippen molar-refractivity contribution in [2.45, 2.75) is 6.42 Å². The third-order valence-corrected chi connectivity index (χ3v) is 3.51. The molecule has 0 saturated carbocycles. The summed E-state index contributed by atoms with van der Waals surface area (Å²) in [6.45, 7) is 0. The molecule has 0 atom stereocenters. The number of hydrogen-bond acceptors (Lipinski definition) is 2. The molecule has 0 unspecified atom stereocenters. The van der Waals surface area contributed by atoms with Gasteiger partial charge in [-0.2, -0.15) is 0 Å². The van der Waals surface area contributed by atoms with Gasteiger partial charge in [0.15, 0.2) is 5.78 Å². The van der Waals surface area contributed by atoms with Crippen molar-refractivity contribution in [2.24, 2.45) is 0 Å². The lowest BCUT2D eigenvalue weighted by atomic mass is 10.0. The van der Waals surface area contributed by atoms with Crippen LogP contribution < -0.4 is 4.90 Å². The van der Waals surface area contributed by atoms with Crippen LogP contribution in [0.15, 0.2) is 42.5 Å². The first-order valence-electron chi connectivity index (χ1n) is 6.22. The van der Waals surface area contributed by atoms with Crippen molar-refractivity contribution in [3.63, 3.8) is 0 Å². The molecular weight excluding hydrogens is 277 g/mol. The van der Waals surface area contributed by atoms with Crippen LogP contribution in [0.25, 0.3) is 0 Å². The van der Waals surface area contributed by atoms with E-state index in [9.17, 15) is 9.18 Å². The summed E-state index contributed by atoms with van der Waals surface area (Å²) < 4.78 is 13.3. The lowest BCUT2D eigenvalue weighted by Gasteiger charge is -2.12. The highest BCUT2D eigenvalue weighted by Gasteiger charge is 2.12. The zero-order chi connectivity index (χ0) is 14.7. The lowest BCUT2D eigenvalue weighted by Crippen LogP contribution is -2.09. The van der Waals surface area contributed by atoms with Gasteiger partial charge < -0.3 is 4.90 Å². The van der Waals surface area contributed by atoms with Crippen molar-refractivity contribution in [1.82, 2.24) is 0 Å². The Kier molecular flexibility index (Phi) is 4.40. The number of rotatable bonds is 4. The molecule has 0 bridgehead atoms. The number of Topliss-reactive ketones (excluding diaryl/α,β-unsaturated/α-hetero) is 1. The Balaban J connectivity index is 2.18. The zero-order valence-corrected chi connectivity index (χ0v) is 12.1. The van der Waals surface area contributed by atoms with E-state index in [2.05, 4.69) is 0 Å². The Morgan fingerprint density at radius 3 is 2.40 bits per heavy atom. The predicted molar refractivity (Wildman–Crippen MR) is 80.2 cm³/mol. The third kappa shape index (κ3) is 3.17. The Morgan fingerprint density at radius 2 is 1.80 bits per heavy atom. The number of anilines is 1. The van der Waals surface area contributed by atoms with E-state index in [4.69, 9.17) is 11.6 Å². The molecule has 0 aliphatic heterocycles. The summed E-state index contributed by atoms with van der Waals surface area (Å²) in [6.07, 6.45) is 0.0951. The van der Waals surface area contributed by atoms with Gasteiger partial charge in [0.2, 0.25) is 0 Å². The van der Waals surface area contributed by atoms with Gasteiger partial charge >= 0.3 is 0 Å². The van der Waals surface area contributed by atoms with Crippen molar-refractivity contribution in [2.75, 3.05) is 19.0 Å². The molecule has 4 heteroatoms. The maximum atomic E-state index is 13.3. The van der Waals surface area contributed by atoms with Crippen LogP contribution >= 0.6 is 11.6 Å². The van der Waals surface area contributed by atoms with E-state index < -0.39 is 5.82 Å². The van der Waals surface area contributed by atoms with E-state index in [0.29, 0.717) is 11.1 Å². The molecule has 0 aliphatic rings. The summed E-state index contributed by atoms with van der Waals surface area (Å²) in [7, 11) is 3.87. The highest BCUT2D eigenvalue weighted by Crippen LogP contribution is 2.22. The van der Waals surface area contributed by atoms with Crippen LogP contribution in [0.5, 0.6) is 0 Å². The molecule has 0 amide bonds. The van der Waals surface area contributed by atoms with E-state index in [0.717, 1.165) is 5.69 Å². The standard InChI is InChI=1S/C16H15ClFNO/c1-19(2)13-8-6-11(7-9-13)15(20)10-12-4-3-5-14(18)16(12)17/h3-9H,10H2,1-2H3. The molecule has 2 aromatic rings. The number of nitrogens with zero attached hydrogens (tertiary/aromatic N) is 1. The molecule has 0 saturated heterocycles. The fourth-order valence-corrected chi connectivity index (χ4v) is 2.10. The van der Waals surface area contributed by atoms with Crippen molar-refractivity contribution in [1.29, 1.82) is 0 Å². The number of halogens is 2. The van der Waals surface area contributed by atoms with E-state index in [-0.39, 0.29) is 17.2 Å². The molecule has 0 radical (unpaired) electrons. The molecule has 0 aromatic heterocycles. The second-order valence-corrected chi connectivity index (χ2v) is 5.13. The lowest BCUT2D eigenvalue weighted by molar-refractivity contribution is 0.0993. The van der Waals surface area contributed by atoms with Crippen LogP contribution in [-0.2, 0) is 6.42 Å². The Hall–Kier alpha value is -1.87. The summed E-state index contributed by atoms with van der Waals surface area (Å²) in [5, 5.41) is 0.0192. The van der Waals surface area contributed by atoms with Gasteiger partial charge in [-0.1, -0.05) is 23.7 Å². The molecule has 0 N–H and O–H groups in total. The van der Waals surface area contributed by atoms with Crippen LogP contribution in [0.3, 0.4) is 0 Å². The molecule has 0 aliphatic carbocycles. The Labute approximate surface area is 122 Å².